The van der Waals surface area contributed by atoms with Crippen molar-refractivity contribution in [3.8, 4) is 0 Å². The second kappa shape index (κ2) is 9.15. The maximum atomic E-state index is 11.2. The van der Waals surface area contributed by atoms with Gasteiger partial charge in [-0.3, -0.25) is 9.46 Å². The van der Waals surface area contributed by atoms with Crippen molar-refractivity contribution in [2.45, 2.75) is 39.4 Å². The second-order valence-corrected chi connectivity index (χ2v) is 10.5. The summed E-state index contributed by atoms with van der Waals surface area (Å²) in [4.78, 5) is 11.2. The van der Waals surface area contributed by atoms with E-state index in [-0.39, 0.29) is 0 Å². The first-order valence-electron chi connectivity index (χ1n) is 5.80. The molecule has 0 heterocycles. The van der Waals surface area contributed by atoms with E-state index in [1.165, 1.54) is 0 Å². The van der Waals surface area contributed by atoms with Crippen LogP contribution in [0.15, 0.2) is 12.2 Å². The van der Waals surface area contributed by atoms with Gasteiger partial charge in [-0.2, -0.15) is 0 Å². The summed E-state index contributed by atoms with van der Waals surface area (Å²) in [6, 6.07) is 0. The molecule has 17 heavy (non-hydrogen) atoms. The lowest BCUT2D eigenvalue weighted by atomic mass is 10.4. The molecule has 2 unspecified atom stereocenters. The molecule has 0 aromatic heterocycles. The zero-order valence-electron chi connectivity index (χ0n) is 11.0. The Balaban J connectivity index is 4.86. The van der Waals surface area contributed by atoms with Gasteiger partial charge in [-0.05, 0) is 32.1 Å². The lowest BCUT2D eigenvalue weighted by Crippen LogP contribution is -2.19. The molecule has 0 aliphatic heterocycles. The minimum atomic E-state index is -2.27. The zero-order chi connectivity index (χ0) is 13.3. The van der Waals surface area contributed by atoms with Gasteiger partial charge in [-0.15, -0.1) is 0 Å². The molecule has 0 saturated carbocycles. The van der Waals surface area contributed by atoms with Crippen LogP contribution >= 0.6 is 17.0 Å². The van der Waals surface area contributed by atoms with Crippen LogP contribution in [0.1, 0.15) is 34.1 Å². The Bertz CT molecular complexity index is 297. The van der Waals surface area contributed by atoms with E-state index in [0.717, 1.165) is 12.8 Å². The molecular formula is C11H22NO2PS2. The standard InChI is InChI=1S/C11H22NO2PS2/c1-5-8-9-12(10-13)15(16,14-7-3)17-11(4)6-2/h5,8,10-11H,6-7,9H2,1-4H3. The molecule has 0 bridgehead atoms. The van der Waals surface area contributed by atoms with E-state index in [1.54, 1.807) is 16.1 Å². The Morgan fingerprint density at radius 2 is 2.18 bits per heavy atom. The number of hydrogen-bond acceptors (Lipinski definition) is 4. The molecule has 0 aromatic carbocycles. The van der Waals surface area contributed by atoms with Gasteiger partial charge >= 0.3 is 0 Å². The third kappa shape index (κ3) is 6.05. The van der Waals surface area contributed by atoms with Crippen LogP contribution in [0.25, 0.3) is 0 Å². The average Bonchev–Trinajstić information content (AvgIpc) is 2.30. The summed E-state index contributed by atoms with van der Waals surface area (Å²) in [6.07, 6.45) is 5.67. The summed E-state index contributed by atoms with van der Waals surface area (Å²) in [5.74, 6) is 0. The predicted octanol–water partition coefficient (Wildman–Crippen LogP) is 3.81. The Morgan fingerprint density at radius 3 is 2.59 bits per heavy atom. The predicted molar refractivity (Wildman–Crippen MR) is 80.8 cm³/mol. The van der Waals surface area contributed by atoms with E-state index >= 15 is 0 Å². The van der Waals surface area contributed by atoms with Crippen molar-refractivity contribution >= 4 is 35.2 Å². The monoisotopic (exact) mass is 295 g/mol. The van der Waals surface area contributed by atoms with Gasteiger partial charge in [0.2, 0.25) is 12.0 Å². The molecule has 0 N–H and O–H groups in total. The zero-order valence-corrected chi connectivity index (χ0v) is 13.5. The van der Waals surface area contributed by atoms with Crippen LogP contribution in [0.5, 0.6) is 0 Å². The van der Waals surface area contributed by atoms with Gasteiger partial charge in [0.25, 0.3) is 0 Å². The number of amides is 1. The summed E-state index contributed by atoms with van der Waals surface area (Å²) >= 11 is 7.21. The van der Waals surface area contributed by atoms with Gasteiger partial charge in [-0.25, -0.2) is 0 Å². The molecule has 6 heteroatoms. The summed E-state index contributed by atoms with van der Waals surface area (Å²) in [5.41, 5.74) is -2.27. The first-order chi connectivity index (χ1) is 8.03. The van der Waals surface area contributed by atoms with Crippen LogP contribution in [0.3, 0.4) is 0 Å². The SMILES string of the molecule is CC=CCN(C=O)P(=S)(OCC)SC(C)CC. The molecule has 0 aliphatic carbocycles. The maximum Gasteiger partial charge on any atom is 0.215 e. The van der Waals surface area contributed by atoms with Crippen molar-refractivity contribution in [2.24, 2.45) is 0 Å². The minimum Gasteiger partial charge on any atom is -0.327 e. The molecule has 0 aliphatic rings. The fraction of sp³-hybridized carbons (Fsp3) is 0.727. The van der Waals surface area contributed by atoms with Crippen LogP contribution < -0.4 is 0 Å². The molecule has 0 spiro atoms. The van der Waals surface area contributed by atoms with Gasteiger partial charge in [0.05, 0.1) is 6.61 Å². The molecule has 1 amide bonds. The number of hydrogen-bond donors (Lipinski definition) is 0. The first-order valence-corrected chi connectivity index (χ1v) is 9.96. The molecule has 0 aromatic rings. The van der Waals surface area contributed by atoms with Crippen molar-refractivity contribution in [1.29, 1.82) is 0 Å². The second-order valence-electron chi connectivity index (χ2n) is 3.51. The molecule has 2 atom stereocenters. The molecule has 0 rings (SSSR count). The Kier molecular flexibility index (Phi) is 9.24. The number of allylic oxidation sites excluding steroid dienone is 1. The summed E-state index contributed by atoms with van der Waals surface area (Å²) < 4.78 is 7.33. The van der Waals surface area contributed by atoms with Crippen molar-refractivity contribution in [3.63, 3.8) is 0 Å². The molecule has 100 valence electrons. The molecule has 3 nitrogen and oxygen atoms in total. The van der Waals surface area contributed by atoms with E-state index in [9.17, 15) is 4.79 Å². The van der Waals surface area contributed by atoms with Gasteiger partial charge in [0.15, 0.2) is 0 Å². The Labute approximate surface area is 114 Å². The number of carbonyl (C=O) groups is 1. The fourth-order valence-electron chi connectivity index (χ4n) is 1.04. The highest BCUT2D eigenvalue weighted by Crippen LogP contribution is 2.64. The van der Waals surface area contributed by atoms with E-state index in [4.69, 9.17) is 16.3 Å². The normalized spacial score (nSPS) is 16.7. The molecular weight excluding hydrogens is 273 g/mol. The number of carbonyl (C=O) groups excluding carboxylic acids is 1. The molecule has 0 saturated heterocycles. The van der Waals surface area contributed by atoms with E-state index in [1.807, 2.05) is 26.0 Å². The van der Waals surface area contributed by atoms with Crippen molar-refractivity contribution in [3.05, 3.63) is 12.2 Å². The van der Waals surface area contributed by atoms with E-state index < -0.39 is 5.62 Å². The van der Waals surface area contributed by atoms with Gasteiger partial charge in [0, 0.05) is 11.8 Å². The van der Waals surface area contributed by atoms with Gasteiger partial charge < -0.3 is 4.52 Å². The van der Waals surface area contributed by atoms with Crippen LogP contribution in [-0.2, 0) is 21.1 Å². The number of rotatable bonds is 9. The maximum absolute atomic E-state index is 11.2. The molecule has 0 radical (unpaired) electrons. The average molecular weight is 295 g/mol. The van der Waals surface area contributed by atoms with Crippen molar-refractivity contribution < 1.29 is 9.32 Å². The third-order valence-corrected chi connectivity index (χ3v) is 9.12. The topological polar surface area (TPSA) is 29.5 Å². The van der Waals surface area contributed by atoms with Crippen LogP contribution in [0.4, 0.5) is 0 Å². The van der Waals surface area contributed by atoms with Crippen LogP contribution in [0.2, 0.25) is 0 Å². The van der Waals surface area contributed by atoms with Crippen LogP contribution in [0, 0.1) is 0 Å². The fourth-order valence-corrected chi connectivity index (χ4v) is 7.66. The summed E-state index contributed by atoms with van der Waals surface area (Å²) in [7, 11) is 0. The smallest absolute Gasteiger partial charge is 0.215 e. The third-order valence-electron chi connectivity index (χ3n) is 2.14. The van der Waals surface area contributed by atoms with Crippen molar-refractivity contribution in [1.82, 2.24) is 4.67 Å². The Hall–Kier alpha value is 0.170. The van der Waals surface area contributed by atoms with Gasteiger partial charge in [-0.1, -0.05) is 37.4 Å². The van der Waals surface area contributed by atoms with Crippen LogP contribution in [-0.4, -0.2) is 29.5 Å². The highest BCUT2D eigenvalue weighted by Gasteiger charge is 2.27. The minimum absolute atomic E-state index is 0.403. The highest BCUT2D eigenvalue weighted by molar-refractivity contribution is 8.69. The first kappa shape index (κ1) is 17.2. The largest absolute Gasteiger partial charge is 0.327 e. The lowest BCUT2D eigenvalue weighted by molar-refractivity contribution is -0.113. The quantitative estimate of drug-likeness (QED) is 0.367. The number of nitrogens with zero attached hydrogens (tertiary/aromatic N) is 1. The van der Waals surface area contributed by atoms with Gasteiger partial charge in [0.1, 0.15) is 0 Å². The van der Waals surface area contributed by atoms with E-state index in [2.05, 4.69) is 13.8 Å². The summed E-state index contributed by atoms with van der Waals surface area (Å²) in [6.45, 7) is 9.14. The summed E-state index contributed by atoms with van der Waals surface area (Å²) in [5, 5.41) is 0.403. The lowest BCUT2D eigenvalue weighted by Gasteiger charge is -2.31. The van der Waals surface area contributed by atoms with E-state index in [0.29, 0.717) is 18.4 Å². The molecule has 0 fully saturated rings. The van der Waals surface area contributed by atoms with Crippen molar-refractivity contribution in [2.75, 3.05) is 13.2 Å². The highest BCUT2D eigenvalue weighted by atomic mass is 32.9. The Morgan fingerprint density at radius 1 is 1.53 bits per heavy atom.